The molecule has 1 aliphatic heterocycles. The molecule has 0 N–H and O–H groups in total. The van der Waals surface area contributed by atoms with Crippen LogP contribution in [0.4, 0.5) is 0 Å². The van der Waals surface area contributed by atoms with Gasteiger partial charge in [0.15, 0.2) is 5.17 Å². The third kappa shape index (κ3) is 6.14. The Morgan fingerprint density at radius 3 is 3.06 bits per heavy atom. The molecule has 1 aliphatic rings. The molecule has 1 saturated heterocycles. The van der Waals surface area contributed by atoms with Crippen LogP contribution in [0.15, 0.2) is 4.76 Å². The number of unbranched alkanes of at least 4 members (excludes halogenated alkanes) is 1. The smallest absolute Gasteiger partial charge is 0.325 e. The summed E-state index contributed by atoms with van der Waals surface area (Å²) < 4.78 is 9.19. The molecule has 0 aromatic rings. The molecule has 98 valence electrons. The van der Waals surface area contributed by atoms with Gasteiger partial charge in [0, 0.05) is 12.3 Å². The van der Waals surface area contributed by atoms with E-state index in [0.717, 1.165) is 30.3 Å². The number of halogens is 2. The molecule has 1 rings (SSSR count). The minimum absolute atomic E-state index is 0.220. The van der Waals surface area contributed by atoms with E-state index < -0.39 is 6.78 Å². The zero-order valence-corrected chi connectivity index (χ0v) is 12.8. The molecule has 0 atom stereocenters. The van der Waals surface area contributed by atoms with Gasteiger partial charge in [-0.1, -0.05) is 47.6 Å². The second-order valence-electron chi connectivity index (χ2n) is 3.44. The Bertz CT molecular complexity index is 292. The number of nitrogens with zero attached hydrogens (tertiary/aromatic N) is 2. The number of ether oxygens (including phenoxy) is 1. The lowest BCUT2D eigenvalue weighted by Crippen LogP contribution is -2.31. The van der Waals surface area contributed by atoms with Crippen LogP contribution in [0.2, 0.25) is 0 Å². The second kappa shape index (κ2) is 8.41. The van der Waals surface area contributed by atoms with Gasteiger partial charge in [-0.25, -0.2) is 4.76 Å². The molecule has 0 bridgehead atoms. The third-order valence-electron chi connectivity index (χ3n) is 2.10. The second-order valence-corrected chi connectivity index (χ2v) is 7.57. The lowest BCUT2D eigenvalue weighted by molar-refractivity contribution is -0.144. The van der Waals surface area contributed by atoms with Crippen molar-refractivity contribution in [3.63, 3.8) is 0 Å². The lowest BCUT2D eigenvalue weighted by Gasteiger charge is -2.16. The normalized spacial score (nSPS) is 18.1. The molecule has 0 aromatic heterocycles. The summed E-state index contributed by atoms with van der Waals surface area (Å²) in [5.41, 5.74) is 0. The Hall–Kier alpha value is 0.300. The van der Waals surface area contributed by atoms with Gasteiger partial charge in [-0.15, -0.1) is 0 Å². The maximum atomic E-state index is 11.5. The Kier molecular flexibility index (Phi) is 7.60. The van der Waals surface area contributed by atoms with E-state index in [0.29, 0.717) is 6.61 Å². The number of esters is 1. The molecular formula is C9H15Cl2N2O2PS. The van der Waals surface area contributed by atoms with Crippen molar-refractivity contribution in [2.24, 2.45) is 4.76 Å². The van der Waals surface area contributed by atoms with Crippen LogP contribution in [0.25, 0.3) is 0 Å². The Labute approximate surface area is 116 Å². The molecule has 0 radical (unpaired) electrons. The van der Waals surface area contributed by atoms with E-state index in [4.69, 9.17) is 27.2 Å². The molecule has 8 heteroatoms. The SMILES string of the molecule is CCCCOC(=O)CN1CCS/C1=N\P(Cl)Cl. The molecule has 0 aromatic carbocycles. The third-order valence-corrected chi connectivity index (χ3v) is 4.03. The van der Waals surface area contributed by atoms with Crippen LogP contribution < -0.4 is 0 Å². The summed E-state index contributed by atoms with van der Waals surface area (Å²) >= 11 is 12.9. The van der Waals surface area contributed by atoms with E-state index in [2.05, 4.69) is 11.7 Å². The Morgan fingerprint density at radius 1 is 1.65 bits per heavy atom. The molecule has 0 spiro atoms. The van der Waals surface area contributed by atoms with Crippen LogP contribution in [0, 0.1) is 0 Å². The van der Waals surface area contributed by atoms with E-state index in [1.54, 1.807) is 11.8 Å². The summed E-state index contributed by atoms with van der Waals surface area (Å²) in [6, 6.07) is 0. The first-order valence-corrected chi connectivity index (χ1v) is 9.46. The van der Waals surface area contributed by atoms with Crippen LogP contribution in [-0.2, 0) is 9.53 Å². The van der Waals surface area contributed by atoms with Gasteiger partial charge in [-0.05, 0) is 6.42 Å². The topological polar surface area (TPSA) is 41.9 Å². The molecule has 0 aliphatic carbocycles. The standard InChI is InChI=1S/C9H15Cl2N2O2PS/c1-2-3-5-15-8(14)7-13-4-6-17-9(13)12-16(10)11/h2-7H2,1H3/b12-9-. The predicted molar refractivity (Wildman–Crippen MR) is 76.0 cm³/mol. The zero-order valence-electron chi connectivity index (χ0n) is 9.56. The van der Waals surface area contributed by atoms with E-state index in [1.165, 1.54) is 0 Å². The minimum Gasteiger partial charge on any atom is -0.464 e. The first-order chi connectivity index (χ1) is 8.13. The van der Waals surface area contributed by atoms with E-state index in [9.17, 15) is 4.79 Å². The fourth-order valence-electron chi connectivity index (χ4n) is 1.27. The van der Waals surface area contributed by atoms with Gasteiger partial charge in [0.1, 0.15) is 6.54 Å². The van der Waals surface area contributed by atoms with E-state index >= 15 is 0 Å². The van der Waals surface area contributed by atoms with Crippen LogP contribution in [-0.4, -0.2) is 41.5 Å². The van der Waals surface area contributed by atoms with Crippen molar-refractivity contribution in [3.05, 3.63) is 0 Å². The summed E-state index contributed by atoms with van der Waals surface area (Å²) in [7, 11) is 0. The number of hydrogen-bond acceptors (Lipinski definition) is 4. The van der Waals surface area contributed by atoms with Crippen LogP contribution in [0.3, 0.4) is 0 Å². The first-order valence-electron chi connectivity index (χ1n) is 5.37. The number of amidine groups is 1. The van der Waals surface area contributed by atoms with Gasteiger partial charge in [0.2, 0.25) is 6.78 Å². The fourth-order valence-corrected chi connectivity index (χ4v) is 3.53. The average molecular weight is 317 g/mol. The zero-order chi connectivity index (χ0) is 12.7. The quantitative estimate of drug-likeness (QED) is 0.427. The Balaban J connectivity index is 2.37. The maximum Gasteiger partial charge on any atom is 0.325 e. The number of hydrogen-bond donors (Lipinski definition) is 0. The Morgan fingerprint density at radius 2 is 2.41 bits per heavy atom. The highest BCUT2D eigenvalue weighted by molar-refractivity contribution is 8.15. The van der Waals surface area contributed by atoms with Gasteiger partial charge >= 0.3 is 5.97 Å². The minimum atomic E-state index is -1.36. The molecule has 1 heterocycles. The molecular weight excluding hydrogens is 302 g/mol. The number of carbonyl (C=O) groups is 1. The highest BCUT2D eigenvalue weighted by Crippen LogP contribution is 2.49. The van der Waals surface area contributed by atoms with Crippen LogP contribution in [0.5, 0.6) is 0 Å². The first kappa shape index (κ1) is 15.4. The van der Waals surface area contributed by atoms with Crippen molar-refractivity contribution < 1.29 is 9.53 Å². The lowest BCUT2D eigenvalue weighted by atomic mass is 10.4. The van der Waals surface area contributed by atoms with Gasteiger partial charge in [-0.3, -0.25) is 4.79 Å². The summed E-state index contributed by atoms with van der Waals surface area (Å²) in [5, 5.41) is 0.744. The predicted octanol–water partition coefficient (Wildman–Crippen LogP) is 3.44. The molecule has 4 nitrogen and oxygen atoms in total. The largest absolute Gasteiger partial charge is 0.464 e. The van der Waals surface area contributed by atoms with Crippen molar-refractivity contribution >= 4 is 52.2 Å². The van der Waals surface area contributed by atoms with Gasteiger partial charge in [0.25, 0.3) is 0 Å². The van der Waals surface area contributed by atoms with Crippen LogP contribution in [0.1, 0.15) is 19.8 Å². The number of thioether (sulfide) groups is 1. The molecule has 0 amide bonds. The van der Waals surface area contributed by atoms with Crippen molar-refractivity contribution in [2.75, 3.05) is 25.4 Å². The average Bonchev–Trinajstić information content (AvgIpc) is 2.65. The molecule has 0 saturated carbocycles. The van der Waals surface area contributed by atoms with Gasteiger partial charge < -0.3 is 9.64 Å². The van der Waals surface area contributed by atoms with E-state index in [1.807, 2.05) is 4.90 Å². The number of carbonyl (C=O) groups excluding carboxylic acids is 1. The van der Waals surface area contributed by atoms with E-state index in [-0.39, 0.29) is 12.5 Å². The maximum absolute atomic E-state index is 11.5. The summed E-state index contributed by atoms with van der Waals surface area (Å²) in [6.45, 7) is 2.19. The fraction of sp³-hybridized carbons (Fsp3) is 0.778. The van der Waals surface area contributed by atoms with Gasteiger partial charge in [-0.2, -0.15) is 0 Å². The van der Waals surface area contributed by atoms with Crippen molar-refractivity contribution in [1.82, 2.24) is 4.90 Å². The van der Waals surface area contributed by atoms with Crippen molar-refractivity contribution in [3.8, 4) is 0 Å². The molecule has 1 fully saturated rings. The van der Waals surface area contributed by atoms with Crippen molar-refractivity contribution in [2.45, 2.75) is 19.8 Å². The summed E-state index contributed by atoms with van der Waals surface area (Å²) in [5.74, 6) is 0.681. The summed E-state index contributed by atoms with van der Waals surface area (Å²) in [4.78, 5) is 13.4. The monoisotopic (exact) mass is 316 g/mol. The molecule has 17 heavy (non-hydrogen) atoms. The molecule has 0 unspecified atom stereocenters. The highest BCUT2D eigenvalue weighted by Gasteiger charge is 2.23. The summed E-state index contributed by atoms with van der Waals surface area (Å²) in [6.07, 6.45) is 1.92. The van der Waals surface area contributed by atoms with Crippen molar-refractivity contribution in [1.29, 1.82) is 0 Å². The number of rotatable bonds is 6. The van der Waals surface area contributed by atoms with Gasteiger partial charge in [0.05, 0.1) is 6.61 Å². The highest BCUT2D eigenvalue weighted by atomic mass is 35.9. The van der Waals surface area contributed by atoms with Crippen LogP contribution >= 0.6 is 41.0 Å².